The first-order valence-electron chi connectivity index (χ1n) is 14.4. The molecule has 1 aliphatic heterocycles. The van der Waals surface area contributed by atoms with E-state index in [2.05, 4.69) is 41.9 Å². The molecular formula is C34H42N4O3. The zero-order chi connectivity index (χ0) is 29.6. The van der Waals surface area contributed by atoms with Crippen LogP contribution in [0.15, 0.2) is 84.9 Å². The van der Waals surface area contributed by atoms with Crippen LogP contribution in [0.5, 0.6) is 0 Å². The predicted octanol–water partition coefficient (Wildman–Crippen LogP) is 6.36. The van der Waals surface area contributed by atoms with Gasteiger partial charge in [-0.3, -0.25) is 9.59 Å². The minimum absolute atomic E-state index is 0.0180. The molecule has 0 radical (unpaired) electrons. The fourth-order valence-corrected chi connectivity index (χ4v) is 5.44. The van der Waals surface area contributed by atoms with Crippen molar-refractivity contribution >= 4 is 23.5 Å². The molecule has 4 rings (SSSR count). The van der Waals surface area contributed by atoms with Gasteiger partial charge in [-0.1, -0.05) is 86.6 Å². The Balaban J connectivity index is 1.67. The third kappa shape index (κ3) is 8.19. The molecule has 3 aromatic rings. The summed E-state index contributed by atoms with van der Waals surface area (Å²) in [4.78, 5) is 42.3. The quantitative estimate of drug-likeness (QED) is 0.317. The van der Waals surface area contributed by atoms with Crippen LogP contribution in [0.2, 0.25) is 0 Å². The smallest absolute Gasteiger partial charge is 0.319 e. The van der Waals surface area contributed by atoms with Crippen LogP contribution in [0, 0.1) is 0 Å². The number of amides is 4. The standard InChI is InChI=1S/C34H42N4O3/c1-23(2)26-17-12-18-28(19-26)35-33(41)36-29-20-27(24-13-8-6-9-14-24)21-30(25-15-10-7-11-16-25)38(32(29)40)22-31(39)37-34(3,4)5/h6-19,23,27,29-30H,20-22H2,1-5H3,(H,37,39)(H2,35,36,41). The van der Waals surface area contributed by atoms with Crippen LogP contribution in [0.4, 0.5) is 10.5 Å². The monoisotopic (exact) mass is 554 g/mol. The molecule has 1 fully saturated rings. The summed E-state index contributed by atoms with van der Waals surface area (Å²) < 4.78 is 0. The molecule has 0 spiro atoms. The average molecular weight is 555 g/mol. The highest BCUT2D eigenvalue weighted by Gasteiger charge is 2.40. The van der Waals surface area contributed by atoms with Gasteiger partial charge in [-0.2, -0.15) is 0 Å². The predicted molar refractivity (Wildman–Crippen MR) is 164 cm³/mol. The molecule has 0 saturated carbocycles. The first-order valence-corrected chi connectivity index (χ1v) is 14.4. The van der Waals surface area contributed by atoms with E-state index in [1.165, 1.54) is 0 Å². The lowest BCUT2D eigenvalue weighted by Crippen LogP contribution is -2.53. The van der Waals surface area contributed by atoms with Crippen LogP contribution in [0.3, 0.4) is 0 Å². The fourth-order valence-electron chi connectivity index (χ4n) is 5.44. The van der Waals surface area contributed by atoms with Gasteiger partial charge >= 0.3 is 6.03 Å². The van der Waals surface area contributed by atoms with E-state index in [4.69, 9.17) is 0 Å². The molecule has 3 N–H and O–H groups in total. The lowest BCUT2D eigenvalue weighted by molar-refractivity contribution is -0.139. The van der Waals surface area contributed by atoms with Gasteiger partial charge in [-0.25, -0.2) is 4.79 Å². The van der Waals surface area contributed by atoms with Gasteiger partial charge in [0, 0.05) is 11.2 Å². The molecule has 0 aromatic heterocycles. The van der Waals surface area contributed by atoms with Crippen molar-refractivity contribution in [3.05, 3.63) is 102 Å². The molecule has 3 aromatic carbocycles. The van der Waals surface area contributed by atoms with E-state index in [1.54, 1.807) is 4.90 Å². The van der Waals surface area contributed by atoms with Gasteiger partial charge in [-0.15, -0.1) is 0 Å². The zero-order valence-corrected chi connectivity index (χ0v) is 24.7. The molecule has 4 amide bonds. The Hall–Kier alpha value is -4.13. The molecular weight excluding hydrogens is 512 g/mol. The van der Waals surface area contributed by atoms with E-state index in [0.29, 0.717) is 24.4 Å². The molecule has 1 saturated heterocycles. The summed E-state index contributed by atoms with van der Waals surface area (Å²) in [5.74, 6) is -0.209. The van der Waals surface area contributed by atoms with Gasteiger partial charge in [0.05, 0.1) is 6.04 Å². The summed E-state index contributed by atoms with van der Waals surface area (Å²) in [6.45, 7) is 9.84. The summed E-state index contributed by atoms with van der Waals surface area (Å²) in [6.07, 6.45) is 1.04. The number of hydrogen-bond donors (Lipinski definition) is 3. The Labute approximate surface area is 243 Å². The Morgan fingerprint density at radius 2 is 1.51 bits per heavy atom. The van der Waals surface area contributed by atoms with Crippen LogP contribution in [0.1, 0.15) is 82.0 Å². The van der Waals surface area contributed by atoms with Gasteiger partial charge in [0.25, 0.3) is 0 Å². The van der Waals surface area contributed by atoms with Gasteiger partial charge in [0.1, 0.15) is 12.6 Å². The molecule has 7 nitrogen and oxygen atoms in total. The van der Waals surface area contributed by atoms with Crippen LogP contribution in [-0.4, -0.2) is 40.9 Å². The number of anilines is 1. The van der Waals surface area contributed by atoms with Crippen LogP contribution >= 0.6 is 0 Å². The maximum atomic E-state index is 14.2. The highest BCUT2D eigenvalue weighted by Crippen LogP contribution is 2.39. The second-order valence-electron chi connectivity index (χ2n) is 12.2. The van der Waals surface area contributed by atoms with Crippen LogP contribution in [0.25, 0.3) is 0 Å². The number of nitrogens with one attached hydrogen (secondary N) is 3. The zero-order valence-electron chi connectivity index (χ0n) is 24.7. The summed E-state index contributed by atoms with van der Waals surface area (Å²) >= 11 is 0. The largest absolute Gasteiger partial charge is 0.350 e. The molecule has 3 unspecified atom stereocenters. The van der Waals surface area contributed by atoms with Gasteiger partial charge in [-0.05, 0) is 74.3 Å². The SMILES string of the molecule is CC(C)c1cccc(NC(=O)NC2CC(c3ccccc3)CC(c3ccccc3)N(CC(=O)NC(C)(C)C)C2=O)c1. The first kappa shape index (κ1) is 29.8. The number of benzene rings is 3. The molecule has 3 atom stereocenters. The van der Waals surface area contributed by atoms with Crippen molar-refractivity contribution < 1.29 is 14.4 Å². The molecule has 216 valence electrons. The van der Waals surface area contributed by atoms with Crippen molar-refractivity contribution in [2.45, 2.75) is 76.9 Å². The molecule has 0 aliphatic carbocycles. The Bertz CT molecular complexity index is 1330. The maximum Gasteiger partial charge on any atom is 0.319 e. The second-order valence-corrected chi connectivity index (χ2v) is 12.2. The highest BCUT2D eigenvalue weighted by atomic mass is 16.2. The number of nitrogens with zero attached hydrogens (tertiary/aromatic N) is 1. The Kier molecular flexibility index (Phi) is 9.48. The minimum atomic E-state index is -0.815. The number of carbonyl (C=O) groups excluding carboxylic acids is 3. The fraction of sp³-hybridized carbons (Fsp3) is 0.382. The topological polar surface area (TPSA) is 90.5 Å². The number of hydrogen-bond acceptors (Lipinski definition) is 3. The molecule has 41 heavy (non-hydrogen) atoms. The van der Waals surface area contributed by atoms with Crippen molar-refractivity contribution in [3.8, 4) is 0 Å². The van der Waals surface area contributed by atoms with Gasteiger partial charge < -0.3 is 20.9 Å². The van der Waals surface area contributed by atoms with Gasteiger partial charge in [0.15, 0.2) is 0 Å². The molecule has 7 heteroatoms. The number of likely N-dealkylation sites (tertiary alicyclic amines) is 1. The third-order valence-corrected chi connectivity index (χ3v) is 7.39. The lowest BCUT2D eigenvalue weighted by atomic mass is 9.86. The average Bonchev–Trinajstić information content (AvgIpc) is 3.05. The molecule has 0 bridgehead atoms. The first-order chi connectivity index (χ1) is 19.5. The Morgan fingerprint density at radius 1 is 0.878 bits per heavy atom. The summed E-state index contributed by atoms with van der Waals surface area (Å²) in [5.41, 5.74) is 3.39. The minimum Gasteiger partial charge on any atom is -0.350 e. The van der Waals surface area contributed by atoms with Crippen LogP contribution < -0.4 is 16.0 Å². The van der Waals surface area contributed by atoms with Gasteiger partial charge in [0.2, 0.25) is 11.8 Å². The lowest BCUT2D eigenvalue weighted by Gasteiger charge is -2.33. The van der Waals surface area contributed by atoms with E-state index in [0.717, 1.165) is 16.7 Å². The number of urea groups is 1. The summed E-state index contributed by atoms with van der Waals surface area (Å²) in [5, 5.41) is 8.86. The summed E-state index contributed by atoms with van der Waals surface area (Å²) in [7, 11) is 0. The molecule has 1 heterocycles. The van der Waals surface area contributed by atoms with Crippen molar-refractivity contribution in [3.63, 3.8) is 0 Å². The van der Waals surface area contributed by atoms with Crippen molar-refractivity contribution in [2.24, 2.45) is 0 Å². The van der Waals surface area contributed by atoms with E-state index in [9.17, 15) is 14.4 Å². The van der Waals surface area contributed by atoms with E-state index in [1.807, 2.05) is 93.6 Å². The maximum absolute atomic E-state index is 14.2. The van der Waals surface area contributed by atoms with E-state index < -0.39 is 17.6 Å². The number of rotatable bonds is 7. The van der Waals surface area contributed by atoms with E-state index >= 15 is 0 Å². The number of carbonyl (C=O) groups is 3. The normalized spacial score (nSPS) is 19.4. The molecule has 1 aliphatic rings. The van der Waals surface area contributed by atoms with Crippen molar-refractivity contribution in [1.29, 1.82) is 0 Å². The third-order valence-electron chi connectivity index (χ3n) is 7.39. The van der Waals surface area contributed by atoms with Crippen molar-refractivity contribution in [1.82, 2.24) is 15.5 Å². The van der Waals surface area contributed by atoms with Crippen molar-refractivity contribution in [2.75, 3.05) is 11.9 Å². The second kappa shape index (κ2) is 13.0. The highest BCUT2D eigenvalue weighted by molar-refractivity contribution is 5.95. The van der Waals surface area contributed by atoms with Crippen LogP contribution in [-0.2, 0) is 9.59 Å². The van der Waals surface area contributed by atoms with E-state index in [-0.39, 0.29) is 30.3 Å². The Morgan fingerprint density at radius 3 is 2.12 bits per heavy atom. The summed E-state index contributed by atoms with van der Waals surface area (Å²) in [6, 6.07) is 26.0.